The van der Waals surface area contributed by atoms with E-state index in [0.717, 1.165) is 69.5 Å². The van der Waals surface area contributed by atoms with E-state index in [0.29, 0.717) is 24.8 Å². The standard InChI is InChI=1S/C31H46N6O3S/c1-24-28(33-23-34-29(24)32-22-31(16-8-5-9-17-31)25-10-6-4-7-11-25)30(38)37-20-14-27(15-21-37)36-18-12-26(13-19-36)35(2)41(3,39)40/h4,6-7,10-11,23,26-27H,5,8-9,12-22H2,1-3H3,(H,32,33,34). The van der Waals surface area contributed by atoms with Crippen LogP contribution in [0.3, 0.4) is 0 Å². The van der Waals surface area contributed by atoms with Gasteiger partial charge in [-0.05, 0) is 64.1 Å². The number of amides is 1. The van der Waals surface area contributed by atoms with Crippen LogP contribution >= 0.6 is 0 Å². The summed E-state index contributed by atoms with van der Waals surface area (Å²) in [5.41, 5.74) is 2.76. The maximum absolute atomic E-state index is 13.6. The minimum Gasteiger partial charge on any atom is -0.369 e. The lowest BCUT2D eigenvalue weighted by Gasteiger charge is -2.43. The van der Waals surface area contributed by atoms with Crippen molar-refractivity contribution in [1.82, 2.24) is 24.1 Å². The third kappa shape index (κ3) is 6.75. The Kier molecular flexibility index (Phi) is 9.30. The number of benzene rings is 1. The summed E-state index contributed by atoms with van der Waals surface area (Å²) in [6.45, 7) is 5.95. The van der Waals surface area contributed by atoms with Crippen molar-refractivity contribution < 1.29 is 13.2 Å². The first-order valence-electron chi connectivity index (χ1n) is 15.3. The summed E-state index contributed by atoms with van der Waals surface area (Å²) in [4.78, 5) is 27.0. The van der Waals surface area contributed by atoms with Gasteiger partial charge in [0.15, 0.2) is 0 Å². The molecule has 0 atom stereocenters. The van der Waals surface area contributed by atoms with Crippen molar-refractivity contribution in [3.63, 3.8) is 0 Å². The number of nitrogens with one attached hydrogen (secondary N) is 1. The fraction of sp³-hybridized carbons (Fsp3) is 0.645. The van der Waals surface area contributed by atoms with Crippen molar-refractivity contribution in [1.29, 1.82) is 0 Å². The molecular formula is C31H46N6O3S. The molecule has 1 aromatic carbocycles. The van der Waals surface area contributed by atoms with Crippen LogP contribution in [-0.2, 0) is 15.4 Å². The van der Waals surface area contributed by atoms with Gasteiger partial charge in [0.25, 0.3) is 5.91 Å². The van der Waals surface area contributed by atoms with Gasteiger partial charge in [0.05, 0.1) is 6.26 Å². The predicted octanol–water partition coefficient (Wildman–Crippen LogP) is 4.06. The largest absolute Gasteiger partial charge is 0.369 e. The number of piperidine rings is 2. The Balaban J connectivity index is 1.18. The molecule has 224 valence electrons. The zero-order valence-corrected chi connectivity index (χ0v) is 25.7. The molecule has 3 heterocycles. The molecule has 3 fully saturated rings. The van der Waals surface area contributed by atoms with Crippen molar-refractivity contribution in [2.45, 2.75) is 82.2 Å². The summed E-state index contributed by atoms with van der Waals surface area (Å²) in [5.74, 6) is 0.733. The quantitative estimate of drug-likeness (QED) is 0.501. The Labute approximate surface area is 245 Å². The van der Waals surface area contributed by atoms with Gasteiger partial charge in [-0.1, -0.05) is 49.6 Å². The van der Waals surface area contributed by atoms with Crippen molar-refractivity contribution >= 4 is 21.7 Å². The van der Waals surface area contributed by atoms with E-state index in [1.165, 1.54) is 41.7 Å². The highest BCUT2D eigenvalue weighted by Crippen LogP contribution is 2.39. The first-order chi connectivity index (χ1) is 19.7. The summed E-state index contributed by atoms with van der Waals surface area (Å²) >= 11 is 0. The fourth-order valence-electron chi connectivity index (χ4n) is 7.15. The van der Waals surface area contributed by atoms with Gasteiger partial charge in [0.1, 0.15) is 17.8 Å². The number of sulfonamides is 1. The lowest BCUT2D eigenvalue weighted by molar-refractivity contribution is 0.0542. The number of hydrogen-bond donors (Lipinski definition) is 1. The molecule has 2 saturated heterocycles. The van der Waals surface area contributed by atoms with Gasteiger partial charge in [-0.15, -0.1) is 0 Å². The van der Waals surface area contributed by atoms with E-state index in [-0.39, 0.29) is 17.4 Å². The molecule has 0 bridgehead atoms. The molecule has 41 heavy (non-hydrogen) atoms. The van der Waals surface area contributed by atoms with E-state index >= 15 is 0 Å². The van der Waals surface area contributed by atoms with Crippen LogP contribution in [0, 0.1) is 6.92 Å². The van der Waals surface area contributed by atoms with Gasteiger partial charge in [-0.3, -0.25) is 4.79 Å². The lowest BCUT2D eigenvalue weighted by atomic mass is 9.69. The second kappa shape index (κ2) is 12.8. The van der Waals surface area contributed by atoms with E-state index in [9.17, 15) is 13.2 Å². The van der Waals surface area contributed by atoms with Crippen LogP contribution in [0.4, 0.5) is 5.82 Å². The van der Waals surface area contributed by atoms with Gasteiger partial charge in [-0.25, -0.2) is 22.7 Å². The van der Waals surface area contributed by atoms with Crippen LogP contribution in [0.15, 0.2) is 36.7 Å². The minimum atomic E-state index is -3.16. The minimum absolute atomic E-state index is 0.0182. The molecule has 2 aromatic rings. The normalized spacial score (nSPS) is 21.2. The van der Waals surface area contributed by atoms with Gasteiger partial charge >= 0.3 is 0 Å². The molecular weight excluding hydrogens is 536 g/mol. The molecule has 10 heteroatoms. The molecule has 1 N–H and O–H groups in total. The zero-order chi connectivity index (χ0) is 29.0. The molecule has 0 unspecified atom stereocenters. The number of likely N-dealkylation sites (tertiary alicyclic amines) is 2. The lowest BCUT2D eigenvalue weighted by Crippen LogP contribution is -2.52. The van der Waals surface area contributed by atoms with Crippen molar-refractivity contribution in [3.05, 3.63) is 53.5 Å². The summed E-state index contributed by atoms with van der Waals surface area (Å²) < 4.78 is 25.4. The highest BCUT2D eigenvalue weighted by atomic mass is 32.2. The third-order valence-electron chi connectivity index (χ3n) is 9.88. The van der Waals surface area contributed by atoms with E-state index in [2.05, 4.69) is 50.5 Å². The number of anilines is 1. The van der Waals surface area contributed by atoms with E-state index in [1.807, 2.05) is 11.8 Å². The van der Waals surface area contributed by atoms with Gasteiger partial charge in [0, 0.05) is 49.7 Å². The molecule has 1 aromatic heterocycles. The van der Waals surface area contributed by atoms with Crippen LogP contribution in [0.5, 0.6) is 0 Å². The van der Waals surface area contributed by atoms with E-state index < -0.39 is 10.0 Å². The number of nitrogens with zero attached hydrogens (tertiary/aromatic N) is 5. The molecule has 5 rings (SSSR count). The first-order valence-corrected chi connectivity index (χ1v) is 17.1. The second-order valence-corrected chi connectivity index (χ2v) is 14.4. The maximum atomic E-state index is 13.6. The average molecular weight is 583 g/mol. The summed E-state index contributed by atoms with van der Waals surface area (Å²) in [6.07, 6.45) is 12.4. The Morgan fingerprint density at radius 2 is 1.66 bits per heavy atom. The molecule has 0 spiro atoms. The summed E-state index contributed by atoms with van der Waals surface area (Å²) in [6, 6.07) is 11.3. The Morgan fingerprint density at radius 1 is 1.00 bits per heavy atom. The van der Waals surface area contributed by atoms with E-state index in [1.54, 1.807) is 7.05 Å². The number of hydrogen-bond acceptors (Lipinski definition) is 7. The molecule has 0 radical (unpaired) electrons. The Morgan fingerprint density at radius 3 is 2.29 bits per heavy atom. The average Bonchev–Trinajstić information content (AvgIpc) is 3.00. The van der Waals surface area contributed by atoms with Crippen molar-refractivity contribution in [3.8, 4) is 0 Å². The summed E-state index contributed by atoms with van der Waals surface area (Å²) in [7, 11) is -1.48. The van der Waals surface area contributed by atoms with Crippen LogP contribution < -0.4 is 5.32 Å². The highest BCUT2D eigenvalue weighted by Gasteiger charge is 2.35. The highest BCUT2D eigenvalue weighted by molar-refractivity contribution is 7.88. The van der Waals surface area contributed by atoms with Crippen molar-refractivity contribution in [2.24, 2.45) is 0 Å². The van der Waals surface area contributed by atoms with Gasteiger partial charge in [-0.2, -0.15) is 0 Å². The Hall–Kier alpha value is -2.56. The predicted molar refractivity (Wildman–Crippen MR) is 163 cm³/mol. The van der Waals surface area contributed by atoms with Crippen LogP contribution in [-0.4, -0.2) is 96.5 Å². The summed E-state index contributed by atoms with van der Waals surface area (Å²) in [5, 5.41) is 3.62. The van der Waals surface area contributed by atoms with E-state index in [4.69, 9.17) is 0 Å². The van der Waals surface area contributed by atoms with Gasteiger partial charge in [0.2, 0.25) is 10.0 Å². The third-order valence-corrected chi connectivity index (χ3v) is 11.2. The number of carbonyl (C=O) groups excluding carboxylic acids is 1. The molecule has 1 saturated carbocycles. The molecule has 2 aliphatic heterocycles. The molecule has 1 amide bonds. The van der Waals surface area contributed by atoms with Gasteiger partial charge < -0.3 is 15.1 Å². The van der Waals surface area contributed by atoms with Crippen molar-refractivity contribution in [2.75, 3.05) is 51.3 Å². The monoisotopic (exact) mass is 582 g/mol. The first kappa shape index (κ1) is 29.9. The smallest absolute Gasteiger partial charge is 0.272 e. The van der Waals surface area contributed by atoms with Crippen LogP contribution in [0.25, 0.3) is 0 Å². The topological polar surface area (TPSA) is 98.7 Å². The maximum Gasteiger partial charge on any atom is 0.272 e. The number of aromatic nitrogens is 2. The SMILES string of the molecule is Cc1c(NCC2(c3ccccc3)CCCCC2)ncnc1C(=O)N1CCC(N2CCC(N(C)S(C)(=O)=O)CC2)CC1. The fourth-order valence-corrected chi connectivity index (χ4v) is 7.91. The second-order valence-electron chi connectivity index (χ2n) is 12.3. The van der Waals surface area contributed by atoms with Crippen LogP contribution in [0.2, 0.25) is 0 Å². The zero-order valence-electron chi connectivity index (χ0n) is 24.9. The molecule has 9 nitrogen and oxygen atoms in total. The number of rotatable bonds is 8. The number of carbonyl (C=O) groups is 1. The van der Waals surface area contributed by atoms with Crippen LogP contribution in [0.1, 0.15) is 79.4 Å². The molecule has 1 aliphatic carbocycles. The Bertz CT molecular complexity index is 1280. The molecule has 3 aliphatic rings.